The first-order chi connectivity index (χ1) is 4.71. The lowest BCUT2D eigenvalue weighted by Gasteiger charge is -2.08. The predicted octanol–water partition coefficient (Wildman–Crippen LogP) is -1.95. The third-order valence-electron chi connectivity index (χ3n) is 1.70. The number of rotatable bonds is 2. The molecule has 0 radical (unpaired) electrons. The zero-order chi connectivity index (χ0) is 8.91. The van der Waals surface area contributed by atoms with Crippen LogP contribution in [0.1, 0.15) is 12.8 Å². The molecule has 4 N–H and O–H groups in total. The summed E-state index contributed by atoms with van der Waals surface area (Å²) >= 11 is 0. The molecule has 0 bridgehead atoms. The topological polar surface area (TPSA) is 120 Å². The van der Waals surface area contributed by atoms with Gasteiger partial charge in [-0.3, -0.25) is 0 Å². The van der Waals surface area contributed by atoms with Crippen molar-refractivity contribution < 1.29 is 16.8 Å². The molecule has 6 nitrogen and oxygen atoms in total. The Kier molecular flexibility index (Phi) is 1.58. The van der Waals surface area contributed by atoms with E-state index in [-0.39, 0.29) is 12.8 Å². The van der Waals surface area contributed by atoms with Gasteiger partial charge in [-0.2, -0.15) is 0 Å². The molecule has 0 heterocycles. The van der Waals surface area contributed by atoms with Crippen LogP contribution in [-0.2, 0) is 20.0 Å². The maximum absolute atomic E-state index is 10.7. The number of nitrogens with two attached hydrogens (primary N) is 2. The molecule has 1 rings (SSSR count). The van der Waals surface area contributed by atoms with Crippen molar-refractivity contribution >= 4 is 20.0 Å². The van der Waals surface area contributed by atoms with Gasteiger partial charge in [-0.15, -0.1) is 0 Å². The van der Waals surface area contributed by atoms with Gasteiger partial charge in [-0.25, -0.2) is 27.1 Å². The Morgan fingerprint density at radius 1 is 0.909 bits per heavy atom. The van der Waals surface area contributed by atoms with Gasteiger partial charge >= 0.3 is 0 Å². The summed E-state index contributed by atoms with van der Waals surface area (Å²) in [4.78, 5) is 0. The maximum atomic E-state index is 10.7. The van der Waals surface area contributed by atoms with Crippen LogP contribution >= 0.6 is 0 Å². The molecule has 8 heteroatoms. The highest BCUT2D eigenvalue weighted by Gasteiger charge is 2.62. The fraction of sp³-hybridized carbons (Fsp3) is 1.00. The minimum Gasteiger partial charge on any atom is -0.227 e. The minimum absolute atomic E-state index is 0.00463. The van der Waals surface area contributed by atoms with E-state index in [1.54, 1.807) is 0 Å². The van der Waals surface area contributed by atoms with E-state index in [4.69, 9.17) is 0 Å². The zero-order valence-corrected chi connectivity index (χ0v) is 7.15. The molecule has 1 fully saturated rings. The molecule has 0 amide bonds. The van der Waals surface area contributed by atoms with Crippen molar-refractivity contribution in [1.29, 1.82) is 0 Å². The summed E-state index contributed by atoms with van der Waals surface area (Å²) in [5.41, 5.74) is 0. The molecule has 1 aliphatic carbocycles. The molecular weight excluding hydrogens is 192 g/mol. The summed E-state index contributed by atoms with van der Waals surface area (Å²) in [6.07, 6.45) is 0.00926. The fourth-order valence-electron chi connectivity index (χ4n) is 0.833. The van der Waals surface area contributed by atoms with Crippen LogP contribution in [0.4, 0.5) is 0 Å². The summed E-state index contributed by atoms with van der Waals surface area (Å²) in [6, 6.07) is 0. The van der Waals surface area contributed by atoms with Gasteiger partial charge < -0.3 is 0 Å². The minimum atomic E-state index is -4.06. The van der Waals surface area contributed by atoms with E-state index < -0.39 is 24.1 Å². The van der Waals surface area contributed by atoms with Crippen molar-refractivity contribution in [3.05, 3.63) is 0 Å². The second-order valence-corrected chi connectivity index (χ2v) is 6.50. The Labute approximate surface area is 64.7 Å². The monoisotopic (exact) mass is 200 g/mol. The fourth-order valence-corrected chi connectivity index (χ4v) is 3.47. The maximum Gasteiger partial charge on any atom is 0.230 e. The highest BCUT2D eigenvalue weighted by molar-refractivity contribution is 8.08. The molecule has 0 aromatic heterocycles. The third-order valence-corrected chi connectivity index (χ3v) is 5.98. The van der Waals surface area contributed by atoms with Crippen molar-refractivity contribution in [2.24, 2.45) is 10.3 Å². The molecule has 11 heavy (non-hydrogen) atoms. The molecule has 1 saturated carbocycles. The standard InChI is InChI=1S/C3H8N2O4S2/c4-10(6,7)3(1-2-3)11(5,8)9/h1-2H2,(H2,4,6,7)(H2,5,8,9). The lowest BCUT2D eigenvalue weighted by Crippen LogP contribution is -2.41. The highest BCUT2D eigenvalue weighted by Crippen LogP contribution is 2.45. The van der Waals surface area contributed by atoms with E-state index in [0.29, 0.717) is 0 Å². The zero-order valence-electron chi connectivity index (χ0n) is 5.52. The molecule has 0 aliphatic heterocycles. The van der Waals surface area contributed by atoms with Crippen LogP contribution in [-0.4, -0.2) is 20.9 Å². The quantitative estimate of drug-likeness (QED) is 0.538. The van der Waals surface area contributed by atoms with E-state index in [1.807, 2.05) is 0 Å². The van der Waals surface area contributed by atoms with Crippen LogP contribution in [0.2, 0.25) is 0 Å². The molecule has 0 aromatic rings. The molecule has 0 atom stereocenters. The first-order valence-electron chi connectivity index (χ1n) is 2.75. The van der Waals surface area contributed by atoms with E-state index in [9.17, 15) is 16.8 Å². The van der Waals surface area contributed by atoms with E-state index in [1.165, 1.54) is 0 Å². The lowest BCUT2D eigenvalue weighted by atomic mass is 10.9. The SMILES string of the molecule is NS(=O)(=O)C1(S(N)(=O)=O)CC1. The largest absolute Gasteiger partial charge is 0.230 e. The Balaban J connectivity index is 3.26. The molecule has 0 unspecified atom stereocenters. The normalized spacial score (nSPS) is 23.1. The van der Waals surface area contributed by atoms with Crippen LogP contribution in [0.25, 0.3) is 0 Å². The number of sulfonamides is 2. The smallest absolute Gasteiger partial charge is 0.227 e. The number of hydrogen-bond donors (Lipinski definition) is 2. The Morgan fingerprint density at radius 2 is 1.18 bits per heavy atom. The van der Waals surface area contributed by atoms with Crippen molar-refractivity contribution in [2.75, 3.05) is 0 Å². The van der Waals surface area contributed by atoms with Crippen LogP contribution in [0.5, 0.6) is 0 Å². The predicted molar refractivity (Wildman–Crippen MR) is 38.2 cm³/mol. The average molecular weight is 200 g/mol. The summed E-state index contributed by atoms with van der Waals surface area (Å²) in [6.45, 7) is 0. The first kappa shape index (κ1) is 8.91. The third kappa shape index (κ3) is 1.15. The Morgan fingerprint density at radius 3 is 1.18 bits per heavy atom. The summed E-state index contributed by atoms with van der Waals surface area (Å²) in [5, 5.41) is 9.35. The molecule has 0 aromatic carbocycles. The van der Waals surface area contributed by atoms with Gasteiger partial charge in [-0.05, 0) is 12.8 Å². The van der Waals surface area contributed by atoms with Gasteiger partial charge in [-0.1, -0.05) is 0 Å². The molecule has 0 saturated heterocycles. The van der Waals surface area contributed by atoms with Crippen LogP contribution in [0.3, 0.4) is 0 Å². The van der Waals surface area contributed by atoms with Gasteiger partial charge in [0.05, 0.1) is 0 Å². The van der Waals surface area contributed by atoms with Gasteiger partial charge in [0.15, 0.2) is 0 Å². The van der Waals surface area contributed by atoms with Crippen LogP contribution in [0.15, 0.2) is 0 Å². The molecule has 66 valence electrons. The molecule has 0 spiro atoms. The van der Waals surface area contributed by atoms with Gasteiger partial charge in [0, 0.05) is 0 Å². The van der Waals surface area contributed by atoms with Crippen LogP contribution in [0, 0.1) is 0 Å². The van der Waals surface area contributed by atoms with E-state index in [0.717, 1.165) is 0 Å². The van der Waals surface area contributed by atoms with Crippen LogP contribution < -0.4 is 10.3 Å². The van der Waals surface area contributed by atoms with Crippen molar-refractivity contribution in [1.82, 2.24) is 0 Å². The number of primary sulfonamides is 2. The second kappa shape index (κ2) is 1.94. The average Bonchev–Trinajstić information content (AvgIpc) is 2.31. The second-order valence-electron chi connectivity index (χ2n) is 2.50. The first-order valence-corrected chi connectivity index (χ1v) is 5.85. The number of hydrogen-bond acceptors (Lipinski definition) is 4. The summed E-state index contributed by atoms with van der Waals surface area (Å²) in [5.74, 6) is 0. The van der Waals surface area contributed by atoms with Crippen molar-refractivity contribution in [2.45, 2.75) is 16.9 Å². The summed E-state index contributed by atoms with van der Waals surface area (Å²) in [7, 11) is -8.12. The van der Waals surface area contributed by atoms with E-state index >= 15 is 0 Å². The van der Waals surface area contributed by atoms with Crippen molar-refractivity contribution in [3.63, 3.8) is 0 Å². The highest BCUT2D eigenvalue weighted by atomic mass is 32.3. The lowest BCUT2D eigenvalue weighted by molar-refractivity contribution is 0.574. The van der Waals surface area contributed by atoms with Gasteiger partial charge in [0.25, 0.3) is 0 Å². The molecule has 1 aliphatic rings. The Bertz CT molecular complexity index is 328. The Hall–Kier alpha value is -0.180. The molecular formula is C3H8N2O4S2. The van der Waals surface area contributed by atoms with Gasteiger partial charge in [0.2, 0.25) is 24.1 Å². The van der Waals surface area contributed by atoms with Gasteiger partial charge in [0.1, 0.15) is 0 Å². The summed E-state index contributed by atoms with van der Waals surface area (Å²) < 4.78 is 40.8. The van der Waals surface area contributed by atoms with Crippen molar-refractivity contribution in [3.8, 4) is 0 Å². The van der Waals surface area contributed by atoms with E-state index in [2.05, 4.69) is 10.3 Å².